The Morgan fingerprint density at radius 1 is 1.03 bits per heavy atom. The van der Waals surface area contributed by atoms with Crippen molar-refractivity contribution in [2.24, 2.45) is 5.92 Å². The molecule has 1 fully saturated rings. The predicted octanol–water partition coefficient (Wildman–Crippen LogP) is 3.50. The summed E-state index contributed by atoms with van der Waals surface area (Å²) in [5, 5.41) is 12.3. The van der Waals surface area contributed by atoms with Crippen molar-refractivity contribution in [2.45, 2.75) is 24.4 Å². The monoisotopic (exact) mass is 478 g/mol. The quantitative estimate of drug-likeness (QED) is 0.639. The minimum atomic E-state index is -0.976. The van der Waals surface area contributed by atoms with Crippen LogP contribution >= 0.6 is 11.8 Å². The van der Waals surface area contributed by atoms with E-state index in [1.165, 1.54) is 16.0 Å². The van der Waals surface area contributed by atoms with Crippen LogP contribution < -0.4 is 5.32 Å². The summed E-state index contributed by atoms with van der Waals surface area (Å²) in [6.45, 7) is 0.652. The van der Waals surface area contributed by atoms with E-state index in [1.807, 2.05) is 24.3 Å². The highest BCUT2D eigenvalue weighted by Gasteiger charge is 2.37. The van der Waals surface area contributed by atoms with Crippen molar-refractivity contribution in [1.82, 2.24) is 10.2 Å². The average molecular weight is 479 g/mol. The minimum Gasteiger partial charge on any atom is -0.480 e. The molecule has 3 aliphatic rings. The molecule has 34 heavy (non-hydrogen) atoms. The minimum absolute atomic E-state index is 0.0171. The Morgan fingerprint density at radius 3 is 2.38 bits per heavy atom. The normalized spacial score (nSPS) is 23.3. The molecule has 3 unspecified atom stereocenters. The lowest BCUT2D eigenvalue weighted by Crippen LogP contribution is -2.52. The molecule has 176 valence electrons. The molecule has 2 aliphatic carbocycles. The van der Waals surface area contributed by atoms with Gasteiger partial charge in [-0.15, -0.1) is 0 Å². The van der Waals surface area contributed by atoms with Crippen LogP contribution in [0.5, 0.6) is 0 Å². The van der Waals surface area contributed by atoms with E-state index in [0.717, 1.165) is 16.9 Å². The highest BCUT2D eigenvalue weighted by molar-refractivity contribution is 7.99. The molecule has 0 saturated carbocycles. The number of alkyl carbamates (subject to hydrolysis) is 1. The summed E-state index contributed by atoms with van der Waals surface area (Å²) in [5.74, 6) is -0.497. The van der Waals surface area contributed by atoms with Crippen LogP contribution in [0.25, 0.3) is 11.1 Å². The van der Waals surface area contributed by atoms with Crippen LogP contribution in [0.15, 0.2) is 60.7 Å². The molecule has 2 aromatic rings. The number of fused-ring (bicyclic) bond motifs is 3. The maximum Gasteiger partial charge on any atom is 0.407 e. The van der Waals surface area contributed by atoms with Crippen molar-refractivity contribution in [3.63, 3.8) is 0 Å². The maximum absolute atomic E-state index is 12.9. The lowest BCUT2D eigenvalue weighted by Gasteiger charge is -2.34. The molecule has 3 atom stereocenters. The fraction of sp³-hybridized carbons (Fsp3) is 0.346. The van der Waals surface area contributed by atoms with E-state index in [1.54, 1.807) is 23.9 Å². The number of nitrogens with one attached hydrogen (secondary N) is 1. The van der Waals surface area contributed by atoms with Crippen LogP contribution in [0.4, 0.5) is 4.79 Å². The van der Waals surface area contributed by atoms with Gasteiger partial charge in [0.25, 0.3) is 0 Å². The number of hydrogen-bond donors (Lipinski definition) is 2. The molecule has 2 N–H and O–H groups in total. The molecule has 2 amide bonds. The highest BCUT2D eigenvalue weighted by Crippen LogP contribution is 2.44. The zero-order valence-electron chi connectivity index (χ0n) is 18.6. The van der Waals surface area contributed by atoms with E-state index in [9.17, 15) is 19.5 Å². The van der Waals surface area contributed by atoms with E-state index >= 15 is 0 Å². The summed E-state index contributed by atoms with van der Waals surface area (Å²) in [5.41, 5.74) is 4.64. The molecule has 5 rings (SSSR count). The van der Waals surface area contributed by atoms with E-state index in [2.05, 4.69) is 29.6 Å². The Hall–Kier alpha value is -3.26. The number of benzene rings is 2. The van der Waals surface area contributed by atoms with E-state index in [0.29, 0.717) is 18.7 Å². The number of carboxylic acids is 1. The molecule has 0 spiro atoms. The first-order valence-corrected chi connectivity index (χ1v) is 12.6. The van der Waals surface area contributed by atoms with E-state index < -0.39 is 24.0 Å². The second kappa shape index (κ2) is 9.54. The number of carbonyl (C=O) groups is 3. The summed E-state index contributed by atoms with van der Waals surface area (Å²) in [7, 11) is 0. The SMILES string of the molecule is O=C(NC1C=CC(C(=O)N2CCSCC2C(=O)O)C1)OCC1c2ccccc2-c2ccccc21. The van der Waals surface area contributed by atoms with E-state index in [-0.39, 0.29) is 24.5 Å². The number of rotatable bonds is 5. The number of thioether (sulfide) groups is 1. The smallest absolute Gasteiger partial charge is 0.407 e. The van der Waals surface area contributed by atoms with Crippen molar-refractivity contribution in [1.29, 1.82) is 0 Å². The molecule has 1 saturated heterocycles. The maximum atomic E-state index is 12.9. The van der Waals surface area contributed by atoms with Gasteiger partial charge in [-0.05, 0) is 28.7 Å². The molecule has 1 heterocycles. The van der Waals surface area contributed by atoms with Crippen LogP contribution in [0.2, 0.25) is 0 Å². The number of nitrogens with zero attached hydrogens (tertiary/aromatic N) is 1. The summed E-state index contributed by atoms with van der Waals surface area (Å²) >= 11 is 1.55. The van der Waals surface area contributed by atoms with Crippen LogP contribution in [-0.2, 0) is 14.3 Å². The highest BCUT2D eigenvalue weighted by atomic mass is 32.2. The molecule has 1 aliphatic heterocycles. The van der Waals surface area contributed by atoms with Crippen LogP contribution in [-0.4, -0.2) is 64.7 Å². The van der Waals surface area contributed by atoms with Gasteiger partial charge in [-0.1, -0.05) is 60.7 Å². The van der Waals surface area contributed by atoms with Crippen LogP contribution in [0.1, 0.15) is 23.5 Å². The second-order valence-corrected chi connectivity index (χ2v) is 9.91. The third-order valence-corrected chi connectivity index (χ3v) is 7.77. The summed E-state index contributed by atoms with van der Waals surface area (Å²) in [4.78, 5) is 38.5. The number of aliphatic carboxylic acids is 1. The fourth-order valence-electron chi connectivity index (χ4n) is 5.07. The van der Waals surface area contributed by atoms with E-state index in [4.69, 9.17) is 4.74 Å². The Labute approximate surface area is 202 Å². The van der Waals surface area contributed by atoms with Gasteiger partial charge in [-0.2, -0.15) is 11.8 Å². The Bertz CT molecular complexity index is 1100. The number of carbonyl (C=O) groups excluding carboxylic acids is 2. The van der Waals surface area contributed by atoms with Crippen LogP contribution in [0, 0.1) is 5.92 Å². The van der Waals surface area contributed by atoms with Gasteiger partial charge in [0.2, 0.25) is 5.91 Å². The van der Waals surface area contributed by atoms with Gasteiger partial charge in [0, 0.05) is 24.0 Å². The molecular formula is C26H26N2O5S. The molecule has 2 aromatic carbocycles. The molecular weight excluding hydrogens is 452 g/mol. The van der Waals surface area contributed by atoms with Gasteiger partial charge >= 0.3 is 12.1 Å². The van der Waals surface area contributed by atoms with Crippen molar-refractivity contribution in [3.05, 3.63) is 71.8 Å². The van der Waals surface area contributed by atoms with Gasteiger partial charge in [0.15, 0.2) is 0 Å². The predicted molar refractivity (Wildman–Crippen MR) is 130 cm³/mol. The number of hydrogen-bond acceptors (Lipinski definition) is 5. The summed E-state index contributed by atoms with van der Waals surface area (Å²) in [6.07, 6.45) is 3.43. The van der Waals surface area contributed by atoms with Crippen molar-refractivity contribution < 1.29 is 24.2 Å². The van der Waals surface area contributed by atoms with Gasteiger partial charge in [-0.25, -0.2) is 9.59 Å². The van der Waals surface area contributed by atoms with Crippen LogP contribution in [0.3, 0.4) is 0 Å². The second-order valence-electron chi connectivity index (χ2n) is 8.76. The third-order valence-electron chi connectivity index (χ3n) is 6.74. The zero-order chi connectivity index (χ0) is 23.7. The summed E-state index contributed by atoms with van der Waals surface area (Å²) < 4.78 is 5.60. The summed E-state index contributed by atoms with van der Waals surface area (Å²) in [6, 6.07) is 15.2. The first-order chi connectivity index (χ1) is 16.5. The third kappa shape index (κ3) is 4.30. The molecule has 8 heteroatoms. The fourth-order valence-corrected chi connectivity index (χ4v) is 6.10. The van der Waals surface area contributed by atoms with Crippen molar-refractivity contribution in [2.75, 3.05) is 24.7 Å². The van der Waals surface area contributed by atoms with Gasteiger partial charge in [0.1, 0.15) is 12.6 Å². The van der Waals surface area contributed by atoms with Gasteiger partial charge in [0.05, 0.1) is 12.0 Å². The number of ether oxygens (including phenoxy) is 1. The largest absolute Gasteiger partial charge is 0.480 e. The topological polar surface area (TPSA) is 95.9 Å². The Morgan fingerprint density at radius 2 is 1.71 bits per heavy atom. The average Bonchev–Trinajstić information content (AvgIpc) is 3.45. The lowest BCUT2D eigenvalue weighted by molar-refractivity contribution is -0.150. The molecule has 7 nitrogen and oxygen atoms in total. The first kappa shape index (κ1) is 22.5. The Kier molecular flexibility index (Phi) is 6.32. The van der Waals surface area contributed by atoms with Gasteiger partial charge in [-0.3, -0.25) is 4.79 Å². The molecule has 0 radical (unpaired) electrons. The molecule has 0 bridgehead atoms. The Balaban J connectivity index is 1.17. The zero-order valence-corrected chi connectivity index (χ0v) is 19.4. The van der Waals surface area contributed by atoms with Crippen molar-refractivity contribution in [3.8, 4) is 11.1 Å². The standard InChI is InChI=1S/C26H26N2O5S/c29-24(28-11-12-34-15-23(28)25(30)31)16-9-10-17(13-16)27-26(32)33-14-22-20-7-3-1-5-18(20)19-6-2-4-8-21(19)22/h1-10,16-17,22-23H,11-15H2,(H,27,32)(H,30,31). The first-order valence-electron chi connectivity index (χ1n) is 11.4. The van der Waals surface area contributed by atoms with Gasteiger partial charge < -0.3 is 20.1 Å². The molecule has 0 aromatic heterocycles. The number of carboxylic acid groups (broad SMARTS) is 1. The number of amides is 2. The lowest BCUT2D eigenvalue weighted by atomic mass is 9.98. The van der Waals surface area contributed by atoms with Crippen molar-refractivity contribution >= 4 is 29.7 Å².